The van der Waals surface area contributed by atoms with Gasteiger partial charge in [-0.2, -0.15) is 0 Å². The highest BCUT2D eigenvalue weighted by atomic mass is 16.5. The second kappa shape index (κ2) is 12.3. The number of unbranched alkanes of at least 4 members (excludes halogenated alkanes) is 7. The summed E-state index contributed by atoms with van der Waals surface area (Å²) < 4.78 is 5.83. The Morgan fingerprint density at radius 1 is 0.966 bits per heavy atom. The Bertz CT molecular complexity index is 600. The number of morpholine rings is 1. The van der Waals surface area contributed by atoms with Crippen LogP contribution in [0.4, 0.5) is 0 Å². The molecule has 0 spiro atoms. The van der Waals surface area contributed by atoms with Crippen molar-refractivity contribution in [3.63, 3.8) is 0 Å². The van der Waals surface area contributed by atoms with Crippen molar-refractivity contribution < 1.29 is 9.53 Å². The lowest BCUT2D eigenvalue weighted by atomic mass is 9.81. The molecule has 0 aromatic heterocycles. The van der Waals surface area contributed by atoms with Gasteiger partial charge in [-0.3, -0.25) is 9.69 Å². The first-order valence-corrected chi connectivity index (χ1v) is 11.8. The predicted octanol–water partition coefficient (Wildman–Crippen LogP) is 5.93. The zero-order valence-corrected chi connectivity index (χ0v) is 18.1. The average Bonchev–Trinajstić information content (AvgIpc) is 2.73. The molecule has 160 valence electrons. The van der Waals surface area contributed by atoms with E-state index in [1.165, 1.54) is 44.1 Å². The molecule has 2 unspecified atom stereocenters. The van der Waals surface area contributed by atoms with Crippen molar-refractivity contribution in [2.24, 2.45) is 5.92 Å². The number of benzene rings is 1. The molecule has 2 aliphatic rings. The van der Waals surface area contributed by atoms with Crippen LogP contribution in [0.2, 0.25) is 0 Å². The van der Waals surface area contributed by atoms with Gasteiger partial charge < -0.3 is 4.74 Å². The van der Waals surface area contributed by atoms with Crippen molar-refractivity contribution in [2.75, 3.05) is 13.2 Å². The number of allylic oxidation sites excluding steroid dienone is 1. The fraction of sp³-hybridized carbons (Fsp3) is 0.654. The van der Waals surface area contributed by atoms with E-state index in [2.05, 4.69) is 41.8 Å². The van der Waals surface area contributed by atoms with Gasteiger partial charge in [0, 0.05) is 31.0 Å². The summed E-state index contributed by atoms with van der Waals surface area (Å²) in [6, 6.07) is 11.5. The van der Waals surface area contributed by atoms with E-state index in [1.807, 2.05) is 6.08 Å². The summed E-state index contributed by atoms with van der Waals surface area (Å²) in [5.41, 5.74) is 1.36. The summed E-state index contributed by atoms with van der Waals surface area (Å²) in [5.74, 6) is 0.757. The van der Waals surface area contributed by atoms with Crippen molar-refractivity contribution >= 4 is 5.78 Å². The molecule has 2 aliphatic heterocycles. The van der Waals surface area contributed by atoms with E-state index in [9.17, 15) is 4.79 Å². The highest BCUT2D eigenvalue weighted by Gasteiger charge is 2.40. The summed E-state index contributed by atoms with van der Waals surface area (Å²) in [6.07, 6.45) is 14.7. The number of Topliss-reactive ketones (excluding diaryl/α,β-unsaturated/α-hetero) is 1. The molecule has 1 aromatic carbocycles. The third-order valence-electron chi connectivity index (χ3n) is 6.67. The second-order valence-corrected chi connectivity index (χ2v) is 8.94. The molecule has 0 amide bonds. The molecule has 29 heavy (non-hydrogen) atoms. The van der Waals surface area contributed by atoms with Crippen LogP contribution in [0.25, 0.3) is 0 Å². The van der Waals surface area contributed by atoms with E-state index >= 15 is 0 Å². The van der Waals surface area contributed by atoms with Crippen molar-refractivity contribution in [3.8, 4) is 0 Å². The maximum atomic E-state index is 12.8. The van der Waals surface area contributed by atoms with Crippen LogP contribution in [0.1, 0.15) is 76.2 Å². The molecule has 2 atom stereocenters. The van der Waals surface area contributed by atoms with E-state index in [0.717, 1.165) is 51.9 Å². The zero-order chi connectivity index (χ0) is 20.3. The molecule has 0 N–H and O–H groups in total. The number of rotatable bonds is 13. The Morgan fingerprint density at radius 2 is 1.59 bits per heavy atom. The smallest absolute Gasteiger partial charge is 0.136 e. The monoisotopic (exact) mass is 397 g/mol. The average molecular weight is 398 g/mol. The van der Waals surface area contributed by atoms with Gasteiger partial charge in [-0.25, -0.2) is 0 Å². The SMILES string of the molecule is C=CCCCCCCCCCC(=O)C1CC2COCC(C1)N2Cc1ccccc1. The number of hydrogen-bond acceptors (Lipinski definition) is 3. The minimum absolute atomic E-state index is 0.250. The fourth-order valence-corrected chi connectivity index (χ4v) is 4.98. The first-order chi connectivity index (χ1) is 14.3. The quantitative estimate of drug-likeness (QED) is 0.305. The zero-order valence-electron chi connectivity index (χ0n) is 18.1. The molecule has 3 nitrogen and oxygen atoms in total. The Labute approximate surface area is 177 Å². The summed E-state index contributed by atoms with van der Waals surface area (Å²) >= 11 is 0. The van der Waals surface area contributed by atoms with E-state index in [-0.39, 0.29) is 5.92 Å². The molecule has 3 rings (SSSR count). The van der Waals surface area contributed by atoms with E-state index in [4.69, 9.17) is 4.74 Å². The number of ether oxygens (including phenoxy) is 1. The van der Waals surface area contributed by atoms with Crippen LogP contribution in [-0.2, 0) is 16.1 Å². The van der Waals surface area contributed by atoms with Crippen molar-refractivity contribution in [2.45, 2.75) is 89.3 Å². The van der Waals surface area contributed by atoms with Crippen molar-refractivity contribution in [1.82, 2.24) is 4.90 Å². The molecular weight excluding hydrogens is 358 g/mol. The third-order valence-corrected chi connectivity index (χ3v) is 6.67. The van der Waals surface area contributed by atoms with Gasteiger partial charge in [0.25, 0.3) is 0 Å². The molecule has 3 heteroatoms. The lowest BCUT2D eigenvalue weighted by Gasteiger charge is -2.48. The first kappa shape index (κ1) is 22.2. The van der Waals surface area contributed by atoms with Gasteiger partial charge >= 0.3 is 0 Å². The first-order valence-electron chi connectivity index (χ1n) is 11.8. The topological polar surface area (TPSA) is 29.5 Å². The van der Waals surface area contributed by atoms with Crippen LogP contribution >= 0.6 is 0 Å². The maximum absolute atomic E-state index is 12.8. The molecule has 0 radical (unpaired) electrons. The van der Waals surface area contributed by atoms with Crippen LogP contribution < -0.4 is 0 Å². The predicted molar refractivity (Wildman–Crippen MR) is 120 cm³/mol. The van der Waals surface area contributed by atoms with Crippen LogP contribution in [0, 0.1) is 5.92 Å². The van der Waals surface area contributed by atoms with E-state index < -0.39 is 0 Å². The number of piperidine rings is 1. The summed E-state index contributed by atoms with van der Waals surface area (Å²) in [6.45, 7) is 6.31. The number of nitrogens with zero attached hydrogens (tertiary/aromatic N) is 1. The summed E-state index contributed by atoms with van der Waals surface area (Å²) in [4.78, 5) is 15.4. The summed E-state index contributed by atoms with van der Waals surface area (Å²) in [7, 11) is 0. The van der Waals surface area contributed by atoms with E-state index in [1.54, 1.807) is 0 Å². The van der Waals surface area contributed by atoms with E-state index in [0.29, 0.717) is 17.9 Å². The molecule has 1 aromatic rings. The molecule has 2 fully saturated rings. The normalized spacial score (nSPS) is 24.3. The van der Waals surface area contributed by atoms with Crippen LogP contribution in [0.5, 0.6) is 0 Å². The third kappa shape index (κ3) is 7.08. The standard InChI is InChI=1S/C26H39NO2/c1-2-3-4-5-6-7-8-9-13-16-26(28)23-17-24-20-29-21-25(18-23)27(24)19-22-14-11-10-12-15-22/h2,10-12,14-15,23-25H,1,3-9,13,16-21H2. The maximum Gasteiger partial charge on any atom is 0.136 e. The van der Waals surface area contributed by atoms with Gasteiger partial charge in [0.15, 0.2) is 0 Å². The van der Waals surface area contributed by atoms with Crippen molar-refractivity contribution in [1.29, 1.82) is 0 Å². The number of fused-ring (bicyclic) bond motifs is 2. The largest absolute Gasteiger partial charge is 0.378 e. The Kier molecular flexibility index (Phi) is 9.43. The van der Waals surface area contributed by atoms with Gasteiger partial charge in [-0.1, -0.05) is 68.5 Å². The highest BCUT2D eigenvalue weighted by Crippen LogP contribution is 2.34. The second-order valence-electron chi connectivity index (χ2n) is 8.94. The minimum Gasteiger partial charge on any atom is -0.378 e. The van der Waals surface area contributed by atoms with Gasteiger partial charge in [-0.15, -0.1) is 6.58 Å². The lowest BCUT2D eigenvalue weighted by molar-refractivity contribution is -0.133. The molecule has 0 aliphatic carbocycles. The fourth-order valence-electron chi connectivity index (χ4n) is 4.98. The molecule has 2 bridgehead atoms. The minimum atomic E-state index is 0.250. The Morgan fingerprint density at radius 3 is 2.24 bits per heavy atom. The lowest BCUT2D eigenvalue weighted by Crippen LogP contribution is -2.57. The van der Waals surface area contributed by atoms with Gasteiger partial charge in [0.05, 0.1) is 13.2 Å². The number of carbonyl (C=O) groups is 1. The van der Waals surface area contributed by atoms with Crippen molar-refractivity contribution in [3.05, 3.63) is 48.6 Å². The molecule has 2 saturated heterocycles. The molecular formula is C26H39NO2. The number of ketones is 1. The highest BCUT2D eigenvalue weighted by molar-refractivity contribution is 5.81. The van der Waals surface area contributed by atoms with Gasteiger partial charge in [-0.05, 0) is 37.7 Å². The Hall–Kier alpha value is -1.45. The van der Waals surface area contributed by atoms with Crippen LogP contribution in [0.15, 0.2) is 43.0 Å². The van der Waals surface area contributed by atoms with Crippen LogP contribution in [0.3, 0.4) is 0 Å². The molecule has 0 saturated carbocycles. The molecule has 2 heterocycles. The number of hydrogen-bond donors (Lipinski definition) is 0. The number of carbonyl (C=O) groups excluding carboxylic acids is 1. The van der Waals surface area contributed by atoms with Crippen LogP contribution in [-0.4, -0.2) is 36.0 Å². The summed E-state index contributed by atoms with van der Waals surface area (Å²) in [5, 5.41) is 0. The van der Waals surface area contributed by atoms with Gasteiger partial charge in [0.1, 0.15) is 5.78 Å². The Balaban J connectivity index is 1.36. The van der Waals surface area contributed by atoms with Gasteiger partial charge in [0.2, 0.25) is 0 Å².